The predicted molar refractivity (Wildman–Crippen MR) is 79.2 cm³/mol. The van der Waals surface area contributed by atoms with Gasteiger partial charge in [-0.1, -0.05) is 6.07 Å². The molecule has 0 aliphatic heterocycles. The molecule has 1 aromatic rings. The Bertz CT molecular complexity index is 544. The van der Waals surface area contributed by atoms with Gasteiger partial charge in [0.05, 0.1) is 10.9 Å². The van der Waals surface area contributed by atoms with Gasteiger partial charge in [-0.2, -0.15) is 11.8 Å². The third-order valence-corrected chi connectivity index (χ3v) is 4.25. The van der Waals surface area contributed by atoms with Gasteiger partial charge in [-0.05, 0) is 36.6 Å². The lowest BCUT2D eigenvalue weighted by Gasteiger charge is -2.12. The number of thioether (sulfide) groups is 1. The molecule has 0 saturated carbocycles. The highest BCUT2D eigenvalue weighted by Crippen LogP contribution is 2.15. The Hall–Kier alpha value is -1.05. The van der Waals surface area contributed by atoms with E-state index in [1.54, 1.807) is 23.9 Å². The monoisotopic (exact) mass is 302 g/mol. The summed E-state index contributed by atoms with van der Waals surface area (Å²) < 4.78 is 22.8. The van der Waals surface area contributed by atoms with Gasteiger partial charge in [0.2, 0.25) is 5.91 Å². The molecule has 0 unspecified atom stereocenters. The van der Waals surface area contributed by atoms with Crippen LogP contribution in [-0.2, 0) is 14.6 Å². The maximum absolute atomic E-state index is 11.8. The summed E-state index contributed by atoms with van der Waals surface area (Å²) in [5.41, 5.74) is 6.17. The summed E-state index contributed by atoms with van der Waals surface area (Å²) in [5, 5.41) is 2.63. The number of carbonyl (C=O) groups is 1. The van der Waals surface area contributed by atoms with Crippen molar-refractivity contribution in [2.75, 3.05) is 23.6 Å². The van der Waals surface area contributed by atoms with Gasteiger partial charge in [-0.15, -0.1) is 0 Å². The smallest absolute Gasteiger partial charge is 0.241 e. The largest absolute Gasteiger partial charge is 0.325 e. The second-order valence-corrected chi connectivity index (χ2v) is 7.18. The number of rotatable bonds is 6. The molecule has 1 aromatic carbocycles. The minimum absolute atomic E-state index is 0.169. The van der Waals surface area contributed by atoms with E-state index in [2.05, 4.69) is 5.32 Å². The van der Waals surface area contributed by atoms with Crippen LogP contribution in [0.2, 0.25) is 0 Å². The lowest BCUT2D eigenvalue weighted by Crippen LogP contribution is -2.36. The van der Waals surface area contributed by atoms with Crippen LogP contribution in [0.5, 0.6) is 0 Å². The van der Waals surface area contributed by atoms with Gasteiger partial charge in [0.25, 0.3) is 0 Å². The zero-order valence-electron chi connectivity index (χ0n) is 10.9. The fraction of sp³-hybridized carbons (Fsp3) is 0.417. The molecule has 0 aliphatic rings. The molecule has 19 heavy (non-hydrogen) atoms. The summed E-state index contributed by atoms with van der Waals surface area (Å²) >= 11 is 1.62. The minimum atomic E-state index is -3.28. The quantitative estimate of drug-likeness (QED) is 0.821. The molecule has 0 aliphatic carbocycles. The van der Waals surface area contributed by atoms with Crippen LogP contribution in [0.25, 0.3) is 0 Å². The standard InChI is InChI=1S/C12H18N2O3S2/c1-18-7-6-11(13)12(15)14-9-4-3-5-10(8-9)19(2,16)17/h3-5,8,11H,6-7,13H2,1-2H3,(H,14,15)/t11-/m0/s1. The van der Waals surface area contributed by atoms with Crippen molar-refractivity contribution in [3.8, 4) is 0 Å². The lowest BCUT2D eigenvalue weighted by atomic mass is 10.2. The number of nitrogens with one attached hydrogen (secondary N) is 1. The number of amides is 1. The molecule has 5 nitrogen and oxygen atoms in total. The summed E-state index contributed by atoms with van der Waals surface area (Å²) in [6.45, 7) is 0. The van der Waals surface area contributed by atoms with Gasteiger partial charge in [-0.25, -0.2) is 8.42 Å². The minimum Gasteiger partial charge on any atom is -0.325 e. The van der Waals surface area contributed by atoms with Crippen molar-refractivity contribution in [1.82, 2.24) is 0 Å². The number of hydrogen-bond donors (Lipinski definition) is 2. The van der Waals surface area contributed by atoms with Crippen molar-refractivity contribution in [2.24, 2.45) is 5.73 Å². The van der Waals surface area contributed by atoms with E-state index in [-0.39, 0.29) is 10.8 Å². The summed E-state index contributed by atoms with van der Waals surface area (Å²) in [5.74, 6) is 0.498. The number of nitrogens with two attached hydrogens (primary N) is 1. The molecule has 0 aromatic heterocycles. The van der Waals surface area contributed by atoms with Gasteiger partial charge in [0.15, 0.2) is 9.84 Å². The van der Waals surface area contributed by atoms with Crippen LogP contribution in [0.1, 0.15) is 6.42 Å². The summed E-state index contributed by atoms with van der Waals surface area (Å²) in [4.78, 5) is 12.0. The van der Waals surface area contributed by atoms with Crippen LogP contribution in [0.3, 0.4) is 0 Å². The second-order valence-electron chi connectivity index (χ2n) is 4.18. The first-order valence-electron chi connectivity index (χ1n) is 5.70. The van der Waals surface area contributed by atoms with Crippen LogP contribution in [0.15, 0.2) is 29.2 Å². The Kier molecular flexibility index (Phi) is 5.84. The summed E-state index contributed by atoms with van der Waals surface area (Å²) in [6, 6.07) is 5.54. The molecule has 0 bridgehead atoms. The van der Waals surface area contributed by atoms with E-state index >= 15 is 0 Å². The third kappa shape index (κ3) is 5.22. The third-order valence-electron chi connectivity index (χ3n) is 2.50. The van der Waals surface area contributed by atoms with Crippen LogP contribution in [-0.4, -0.2) is 38.6 Å². The van der Waals surface area contributed by atoms with E-state index in [1.165, 1.54) is 12.1 Å². The van der Waals surface area contributed by atoms with Crippen molar-refractivity contribution in [3.05, 3.63) is 24.3 Å². The zero-order valence-corrected chi connectivity index (χ0v) is 12.6. The molecule has 3 N–H and O–H groups in total. The summed E-state index contributed by atoms with van der Waals surface area (Å²) in [6.07, 6.45) is 3.65. The first kappa shape index (κ1) is 16.0. The number of carbonyl (C=O) groups excluding carboxylic acids is 1. The highest BCUT2D eigenvalue weighted by atomic mass is 32.2. The van der Waals surface area contributed by atoms with E-state index in [4.69, 9.17) is 5.73 Å². The van der Waals surface area contributed by atoms with Crippen molar-refractivity contribution in [3.63, 3.8) is 0 Å². The van der Waals surface area contributed by atoms with Gasteiger partial charge < -0.3 is 11.1 Å². The average Bonchev–Trinajstić information content (AvgIpc) is 2.35. The van der Waals surface area contributed by atoms with E-state index in [9.17, 15) is 13.2 Å². The molecule has 0 heterocycles. The maximum atomic E-state index is 11.8. The number of sulfone groups is 1. The van der Waals surface area contributed by atoms with E-state index in [0.717, 1.165) is 12.0 Å². The van der Waals surface area contributed by atoms with Crippen molar-refractivity contribution >= 4 is 33.2 Å². The molecule has 0 spiro atoms. The summed E-state index contributed by atoms with van der Waals surface area (Å²) in [7, 11) is -3.28. The highest BCUT2D eigenvalue weighted by molar-refractivity contribution is 7.98. The first-order valence-corrected chi connectivity index (χ1v) is 8.98. The zero-order chi connectivity index (χ0) is 14.5. The molecule has 0 fully saturated rings. The molecule has 7 heteroatoms. The van der Waals surface area contributed by atoms with Gasteiger partial charge in [0.1, 0.15) is 0 Å². The Labute approximate surface area is 117 Å². The Morgan fingerprint density at radius 2 is 2.16 bits per heavy atom. The van der Waals surface area contributed by atoms with Gasteiger partial charge >= 0.3 is 0 Å². The van der Waals surface area contributed by atoms with E-state index < -0.39 is 15.9 Å². The van der Waals surface area contributed by atoms with E-state index in [1.807, 2.05) is 6.26 Å². The van der Waals surface area contributed by atoms with Crippen molar-refractivity contribution in [1.29, 1.82) is 0 Å². The topological polar surface area (TPSA) is 89.3 Å². The number of anilines is 1. The van der Waals surface area contributed by atoms with E-state index in [0.29, 0.717) is 12.1 Å². The molecular formula is C12H18N2O3S2. The van der Waals surface area contributed by atoms with Crippen LogP contribution in [0.4, 0.5) is 5.69 Å². The fourth-order valence-electron chi connectivity index (χ4n) is 1.42. The highest BCUT2D eigenvalue weighted by Gasteiger charge is 2.14. The second kappa shape index (κ2) is 6.93. The molecule has 106 valence electrons. The normalized spacial score (nSPS) is 13.0. The van der Waals surface area contributed by atoms with Gasteiger partial charge in [-0.3, -0.25) is 4.79 Å². The molecule has 0 saturated heterocycles. The molecule has 1 rings (SSSR count). The Morgan fingerprint density at radius 3 is 2.74 bits per heavy atom. The predicted octanol–water partition coefficient (Wildman–Crippen LogP) is 1.11. The molecule has 1 amide bonds. The van der Waals surface area contributed by atoms with Crippen LogP contribution >= 0.6 is 11.8 Å². The van der Waals surface area contributed by atoms with Gasteiger partial charge in [0, 0.05) is 11.9 Å². The molecular weight excluding hydrogens is 284 g/mol. The fourth-order valence-corrected chi connectivity index (χ4v) is 2.57. The molecule has 1 atom stereocenters. The van der Waals surface area contributed by atoms with Crippen LogP contribution < -0.4 is 11.1 Å². The first-order chi connectivity index (χ1) is 8.84. The number of benzene rings is 1. The van der Waals surface area contributed by atoms with Crippen molar-refractivity contribution in [2.45, 2.75) is 17.4 Å². The SMILES string of the molecule is CSCC[C@H](N)C(=O)Nc1cccc(S(C)(=O)=O)c1. The maximum Gasteiger partial charge on any atom is 0.241 e. The Balaban J connectivity index is 2.75. The average molecular weight is 302 g/mol. The van der Waals surface area contributed by atoms with Crippen LogP contribution in [0, 0.1) is 0 Å². The molecule has 0 radical (unpaired) electrons. The van der Waals surface area contributed by atoms with Crippen molar-refractivity contribution < 1.29 is 13.2 Å². The number of hydrogen-bond acceptors (Lipinski definition) is 5. The lowest BCUT2D eigenvalue weighted by molar-refractivity contribution is -0.117. The Morgan fingerprint density at radius 1 is 1.47 bits per heavy atom.